The maximum atomic E-state index is 4.50. The predicted molar refractivity (Wildman–Crippen MR) is 66.6 cm³/mol. The molecule has 3 nitrogen and oxygen atoms in total. The molecule has 1 aromatic rings. The largest absolute Gasteiger partial charge is 0.357 e. The number of hydrogen-bond acceptors (Lipinski definition) is 2. The number of piperidine rings is 1. The van der Waals surface area contributed by atoms with Crippen molar-refractivity contribution in [3.05, 3.63) is 11.3 Å². The average Bonchev–Trinajstić information content (AvgIpc) is 2.54. The van der Waals surface area contributed by atoms with E-state index >= 15 is 0 Å². The fraction of sp³-hybridized carbons (Fsp3) is 0.727. The summed E-state index contributed by atoms with van der Waals surface area (Å²) in [5.41, 5.74) is 2.49. The summed E-state index contributed by atoms with van der Waals surface area (Å²) < 4.78 is 2.03. The van der Waals surface area contributed by atoms with Gasteiger partial charge in [0, 0.05) is 31.0 Å². The fourth-order valence-corrected chi connectivity index (χ4v) is 3.00. The van der Waals surface area contributed by atoms with Crippen LogP contribution in [0.5, 0.6) is 0 Å². The van der Waals surface area contributed by atoms with Crippen molar-refractivity contribution in [1.29, 1.82) is 0 Å². The molecule has 2 heterocycles. The topological polar surface area (TPSA) is 21.1 Å². The molecule has 0 N–H and O–H groups in total. The van der Waals surface area contributed by atoms with Gasteiger partial charge >= 0.3 is 0 Å². The number of nitrogens with zero attached hydrogens (tertiary/aromatic N) is 3. The summed E-state index contributed by atoms with van der Waals surface area (Å²) in [6.45, 7) is 4.45. The van der Waals surface area contributed by atoms with Crippen LogP contribution in [0.1, 0.15) is 30.5 Å². The fourth-order valence-electron chi connectivity index (χ4n) is 2.35. The second kappa shape index (κ2) is 4.56. The van der Waals surface area contributed by atoms with E-state index in [1.54, 1.807) is 0 Å². The van der Waals surface area contributed by atoms with Crippen molar-refractivity contribution in [1.82, 2.24) is 9.78 Å². The van der Waals surface area contributed by atoms with E-state index in [0.717, 1.165) is 11.0 Å². The lowest BCUT2D eigenvalue weighted by molar-refractivity contribution is 0.560. The molecular weight excluding hydrogens is 254 g/mol. The number of rotatable bonds is 2. The van der Waals surface area contributed by atoms with E-state index in [-0.39, 0.29) is 0 Å². The van der Waals surface area contributed by atoms with Crippen LogP contribution >= 0.6 is 15.9 Å². The highest BCUT2D eigenvalue weighted by Crippen LogP contribution is 2.27. The van der Waals surface area contributed by atoms with Crippen LogP contribution in [0.3, 0.4) is 0 Å². The Morgan fingerprint density at radius 3 is 2.53 bits per heavy atom. The van der Waals surface area contributed by atoms with Crippen LogP contribution in [-0.2, 0) is 12.4 Å². The molecule has 2 rings (SSSR count). The maximum Gasteiger partial charge on any atom is 0.130 e. The Balaban J connectivity index is 2.32. The van der Waals surface area contributed by atoms with Gasteiger partial charge in [-0.25, -0.2) is 0 Å². The molecule has 4 heteroatoms. The Kier molecular flexibility index (Phi) is 3.34. The number of aryl methyl sites for hydroxylation is 2. The molecule has 0 bridgehead atoms. The molecule has 84 valence electrons. The van der Waals surface area contributed by atoms with Crippen LogP contribution in [0.2, 0.25) is 0 Å². The Labute approximate surface area is 99.6 Å². The third-order valence-electron chi connectivity index (χ3n) is 3.10. The first kappa shape index (κ1) is 11.0. The summed E-state index contributed by atoms with van der Waals surface area (Å²) in [6.07, 6.45) is 3.99. The average molecular weight is 272 g/mol. The predicted octanol–water partition coefficient (Wildman–Crippen LogP) is 2.61. The van der Waals surface area contributed by atoms with Crippen molar-refractivity contribution in [3.8, 4) is 0 Å². The second-order valence-corrected chi connectivity index (χ2v) is 4.75. The molecule has 0 unspecified atom stereocenters. The van der Waals surface area contributed by atoms with E-state index in [2.05, 4.69) is 32.9 Å². The van der Waals surface area contributed by atoms with Crippen molar-refractivity contribution in [2.24, 2.45) is 7.05 Å². The third kappa shape index (κ3) is 2.05. The smallest absolute Gasteiger partial charge is 0.130 e. The van der Waals surface area contributed by atoms with Gasteiger partial charge in [-0.2, -0.15) is 5.10 Å². The lowest BCUT2D eigenvalue weighted by Gasteiger charge is -2.29. The van der Waals surface area contributed by atoms with Crippen molar-refractivity contribution >= 4 is 21.7 Å². The summed E-state index contributed by atoms with van der Waals surface area (Å²) in [7, 11) is 2.04. The minimum atomic E-state index is 0.901. The van der Waals surface area contributed by atoms with E-state index in [4.69, 9.17) is 0 Å². The van der Waals surface area contributed by atoms with Gasteiger partial charge in [0.15, 0.2) is 0 Å². The van der Waals surface area contributed by atoms with Gasteiger partial charge in [0.2, 0.25) is 0 Å². The molecule has 1 aromatic heterocycles. The molecule has 0 aromatic carbocycles. The van der Waals surface area contributed by atoms with Gasteiger partial charge in [0.05, 0.1) is 5.69 Å². The summed E-state index contributed by atoms with van der Waals surface area (Å²) in [5, 5.41) is 5.40. The van der Waals surface area contributed by atoms with Crippen LogP contribution < -0.4 is 4.90 Å². The number of anilines is 1. The van der Waals surface area contributed by atoms with Gasteiger partial charge < -0.3 is 4.90 Å². The van der Waals surface area contributed by atoms with Crippen LogP contribution in [0.4, 0.5) is 5.82 Å². The summed E-state index contributed by atoms with van der Waals surface area (Å²) in [5.74, 6) is 1.31. The Morgan fingerprint density at radius 2 is 1.93 bits per heavy atom. The summed E-state index contributed by atoms with van der Waals surface area (Å²) in [6, 6.07) is 0. The van der Waals surface area contributed by atoms with Crippen LogP contribution in [0, 0.1) is 6.92 Å². The van der Waals surface area contributed by atoms with Crippen molar-refractivity contribution in [2.75, 3.05) is 18.0 Å². The molecule has 0 aliphatic carbocycles. The Hall–Kier alpha value is -0.510. The van der Waals surface area contributed by atoms with E-state index in [1.807, 2.05) is 11.7 Å². The minimum Gasteiger partial charge on any atom is -0.357 e. The first-order valence-electron chi connectivity index (χ1n) is 5.57. The van der Waals surface area contributed by atoms with Gasteiger partial charge in [-0.3, -0.25) is 4.68 Å². The van der Waals surface area contributed by atoms with Crippen LogP contribution in [-0.4, -0.2) is 22.9 Å². The third-order valence-corrected chi connectivity index (χ3v) is 3.66. The monoisotopic (exact) mass is 271 g/mol. The first-order chi connectivity index (χ1) is 7.24. The molecule has 0 atom stereocenters. The molecule has 0 spiro atoms. The standard InChI is InChI=1S/C11H18BrN3/c1-9-10(8-12)11(14(2)13-9)15-6-4-3-5-7-15/h3-8H2,1-2H3. The molecule has 0 saturated carbocycles. The second-order valence-electron chi connectivity index (χ2n) is 4.19. The summed E-state index contributed by atoms with van der Waals surface area (Å²) >= 11 is 3.56. The molecule has 1 aliphatic heterocycles. The van der Waals surface area contributed by atoms with E-state index < -0.39 is 0 Å². The van der Waals surface area contributed by atoms with E-state index in [0.29, 0.717) is 0 Å². The zero-order valence-corrected chi connectivity index (χ0v) is 11.0. The Morgan fingerprint density at radius 1 is 1.27 bits per heavy atom. The molecule has 15 heavy (non-hydrogen) atoms. The van der Waals surface area contributed by atoms with Crippen LogP contribution in [0.15, 0.2) is 0 Å². The lowest BCUT2D eigenvalue weighted by atomic mass is 10.1. The Bertz CT molecular complexity index is 340. The number of alkyl halides is 1. The van der Waals surface area contributed by atoms with Gasteiger partial charge in [0.1, 0.15) is 5.82 Å². The highest BCUT2D eigenvalue weighted by molar-refractivity contribution is 9.08. The van der Waals surface area contributed by atoms with Crippen molar-refractivity contribution in [3.63, 3.8) is 0 Å². The first-order valence-corrected chi connectivity index (χ1v) is 6.69. The van der Waals surface area contributed by atoms with E-state index in [1.165, 1.54) is 43.7 Å². The minimum absolute atomic E-state index is 0.901. The zero-order chi connectivity index (χ0) is 10.8. The van der Waals surface area contributed by atoms with Gasteiger partial charge in [-0.1, -0.05) is 15.9 Å². The molecule has 1 fully saturated rings. The normalized spacial score (nSPS) is 17.1. The SMILES string of the molecule is Cc1nn(C)c(N2CCCCC2)c1CBr. The molecule has 0 amide bonds. The van der Waals surface area contributed by atoms with Crippen molar-refractivity contribution < 1.29 is 0 Å². The molecule has 1 aliphatic rings. The molecule has 0 radical (unpaired) electrons. The highest BCUT2D eigenvalue weighted by atomic mass is 79.9. The highest BCUT2D eigenvalue weighted by Gasteiger charge is 2.19. The zero-order valence-electron chi connectivity index (χ0n) is 9.46. The van der Waals surface area contributed by atoms with Crippen LogP contribution in [0.25, 0.3) is 0 Å². The van der Waals surface area contributed by atoms with Crippen molar-refractivity contribution in [2.45, 2.75) is 31.5 Å². The maximum absolute atomic E-state index is 4.50. The van der Waals surface area contributed by atoms with E-state index in [9.17, 15) is 0 Å². The number of aromatic nitrogens is 2. The van der Waals surface area contributed by atoms with Gasteiger partial charge in [-0.05, 0) is 26.2 Å². The van der Waals surface area contributed by atoms with Gasteiger partial charge in [-0.15, -0.1) is 0 Å². The molecule has 1 saturated heterocycles. The molecular formula is C11H18BrN3. The number of halogens is 1. The van der Waals surface area contributed by atoms with Gasteiger partial charge in [0.25, 0.3) is 0 Å². The summed E-state index contributed by atoms with van der Waals surface area (Å²) in [4.78, 5) is 2.47. The number of hydrogen-bond donors (Lipinski definition) is 0. The quantitative estimate of drug-likeness (QED) is 0.772. The lowest BCUT2D eigenvalue weighted by Crippen LogP contribution is -2.31.